The molecule has 2 unspecified atom stereocenters. The van der Waals surface area contributed by atoms with E-state index in [0.29, 0.717) is 10.6 Å². The van der Waals surface area contributed by atoms with Gasteiger partial charge in [-0.2, -0.15) is 0 Å². The van der Waals surface area contributed by atoms with Crippen LogP contribution >= 0.6 is 34.2 Å². The number of carbonyl (C=O) groups is 1. The molecule has 1 amide bonds. The van der Waals surface area contributed by atoms with E-state index in [4.69, 9.17) is 11.6 Å². The topological polar surface area (TPSA) is 32.3 Å². The maximum Gasteiger partial charge on any atom is 0.254 e. The zero-order chi connectivity index (χ0) is 13.3. The largest absolute Gasteiger partial charge is 0.331 e. The standard InChI is InChI=1S/C13H16ClIN2O/c1-8-6-16-7-9(2)17(8)13(18)10-3-4-12(15)11(14)5-10/h3-5,8-9,16H,6-7H2,1-2H3. The first kappa shape index (κ1) is 14.1. The summed E-state index contributed by atoms with van der Waals surface area (Å²) >= 11 is 8.24. The molecule has 5 heteroatoms. The van der Waals surface area contributed by atoms with Crippen LogP contribution in [0.4, 0.5) is 0 Å². The molecule has 0 spiro atoms. The molecule has 1 fully saturated rings. The van der Waals surface area contributed by atoms with Gasteiger partial charge in [-0.3, -0.25) is 4.79 Å². The molecule has 0 aliphatic carbocycles. The second-order valence-corrected chi connectivity index (χ2v) is 6.27. The van der Waals surface area contributed by atoms with Crippen molar-refractivity contribution < 1.29 is 4.79 Å². The Kier molecular flexibility index (Phi) is 4.50. The first-order valence-corrected chi connectivity index (χ1v) is 7.45. The zero-order valence-corrected chi connectivity index (χ0v) is 13.3. The Labute approximate surface area is 126 Å². The average Bonchev–Trinajstić information content (AvgIpc) is 2.32. The van der Waals surface area contributed by atoms with Crippen LogP contribution in [0.5, 0.6) is 0 Å². The van der Waals surface area contributed by atoms with Crippen LogP contribution < -0.4 is 5.32 Å². The Morgan fingerprint density at radius 3 is 2.56 bits per heavy atom. The number of amides is 1. The molecular formula is C13H16ClIN2O. The Morgan fingerprint density at radius 2 is 2.00 bits per heavy atom. The molecule has 1 aromatic carbocycles. The van der Waals surface area contributed by atoms with Gasteiger partial charge in [-0.25, -0.2) is 0 Å². The number of nitrogens with zero attached hydrogens (tertiary/aromatic N) is 1. The second-order valence-electron chi connectivity index (χ2n) is 4.70. The summed E-state index contributed by atoms with van der Waals surface area (Å²) in [7, 11) is 0. The van der Waals surface area contributed by atoms with Crippen molar-refractivity contribution in [2.24, 2.45) is 0 Å². The maximum atomic E-state index is 12.5. The van der Waals surface area contributed by atoms with Crippen LogP contribution in [0.2, 0.25) is 5.02 Å². The van der Waals surface area contributed by atoms with Crippen molar-refractivity contribution in [2.45, 2.75) is 25.9 Å². The van der Waals surface area contributed by atoms with Crippen molar-refractivity contribution in [3.63, 3.8) is 0 Å². The molecule has 0 radical (unpaired) electrons. The number of carbonyl (C=O) groups excluding carboxylic acids is 1. The Balaban J connectivity index is 2.26. The van der Waals surface area contributed by atoms with Crippen molar-refractivity contribution in [3.05, 3.63) is 32.4 Å². The van der Waals surface area contributed by atoms with E-state index in [1.807, 2.05) is 17.0 Å². The van der Waals surface area contributed by atoms with E-state index >= 15 is 0 Å². The fourth-order valence-corrected chi connectivity index (χ4v) is 2.83. The van der Waals surface area contributed by atoms with E-state index in [0.717, 1.165) is 16.7 Å². The first-order chi connectivity index (χ1) is 8.50. The van der Waals surface area contributed by atoms with Crippen LogP contribution in [-0.4, -0.2) is 36.0 Å². The Morgan fingerprint density at radius 1 is 1.39 bits per heavy atom. The zero-order valence-electron chi connectivity index (χ0n) is 10.4. The molecule has 1 aromatic rings. The van der Waals surface area contributed by atoms with E-state index in [1.165, 1.54) is 0 Å². The summed E-state index contributed by atoms with van der Waals surface area (Å²) in [6.07, 6.45) is 0. The third-order valence-corrected chi connectivity index (χ3v) is 4.80. The van der Waals surface area contributed by atoms with Crippen LogP contribution in [0.1, 0.15) is 24.2 Å². The molecule has 1 aliphatic heterocycles. The minimum atomic E-state index is 0.0646. The van der Waals surface area contributed by atoms with Crippen molar-refractivity contribution in [2.75, 3.05) is 13.1 Å². The minimum Gasteiger partial charge on any atom is -0.331 e. The lowest BCUT2D eigenvalue weighted by Gasteiger charge is -2.39. The highest BCUT2D eigenvalue weighted by Gasteiger charge is 2.29. The summed E-state index contributed by atoms with van der Waals surface area (Å²) in [6.45, 7) is 5.81. The van der Waals surface area contributed by atoms with Gasteiger partial charge in [-0.05, 0) is 54.6 Å². The van der Waals surface area contributed by atoms with Crippen LogP contribution in [0, 0.1) is 3.57 Å². The third kappa shape index (κ3) is 2.81. The molecule has 0 aromatic heterocycles. The lowest BCUT2D eigenvalue weighted by molar-refractivity contribution is 0.0544. The number of hydrogen-bond acceptors (Lipinski definition) is 2. The molecule has 2 atom stereocenters. The van der Waals surface area contributed by atoms with Crippen molar-refractivity contribution >= 4 is 40.1 Å². The lowest BCUT2D eigenvalue weighted by Crippen LogP contribution is -2.57. The molecule has 1 N–H and O–H groups in total. The van der Waals surface area contributed by atoms with Gasteiger partial charge in [0.25, 0.3) is 5.91 Å². The molecule has 98 valence electrons. The number of rotatable bonds is 1. The molecule has 1 aliphatic rings. The van der Waals surface area contributed by atoms with Crippen LogP contribution in [0.25, 0.3) is 0 Å². The van der Waals surface area contributed by atoms with Crippen LogP contribution in [-0.2, 0) is 0 Å². The molecule has 2 rings (SSSR count). The van der Waals surface area contributed by atoms with Crippen molar-refractivity contribution in [3.8, 4) is 0 Å². The normalized spacial score (nSPS) is 24.1. The van der Waals surface area contributed by atoms with Gasteiger partial charge in [-0.1, -0.05) is 11.6 Å². The number of nitrogens with one attached hydrogen (secondary N) is 1. The lowest BCUT2D eigenvalue weighted by atomic mass is 10.1. The van der Waals surface area contributed by atoms with Crippen molar-refractivity contribution in [1.82, 2.24) is 10.2 Å². The van der Waals surface area contributed by atoms with E-state index in [1.54, 1.807) is 6.07 Å². The predicted octanol–water partition coefficient (Wildman–Crippen LogP) is 2.77. The second kappa shape index (κ2) is 5.75. The predicted molar refractivity (Wildman–Crippen MR) is 82.1 cm³/mol. The molecule has 0 saturated carbocycles. The molecule has 1 saturated heterocycles. The summed E-state index contributed by atoms with van der Waals surface area (Å²) in [6, 6.07) is 5.90. The van der Waals surface area contributed by atoms with E-state index in [9.17, 15) is 4.79 Å². The van der Waals surface area contributed by atoms with Gasteiger partial charge in [0.15, 0.2) is 0 Å². The quantitative estimate of drug-likeness (QED) is 0.762. The highest BCUT2D eigenvalue weighted by molar-refractivity contribution is 14.1. The highest BCUT2D eigenvalue weighted by atomic mass is 127. The van der Waals surface area contributed by atoms with Crippen molar-refractivity contribution in [1.29, 1.82) is 0 Å². The highest BCUT2D eigenvalue weighted by Crippen LogP contribution is 2.22. The smallest absolute Gasteiger partial charge is 0.254 e. The van der Waals surface area contributed by atoms with Crippen LogP contribution in [0.15, 0.2) is 18.2 Å². The molecule has 18 heavy (non-hydrogen) atoms. The Hall–Kier alpha value is -0.330. The van der Waals surface area contributed by atoms with E-state index < -0.39 is 0 Å². The summed E-state index contributed by atoms with van der Waals surface area (Å²) in [5, 5.41) is 3.96. The number of piperazine rings is 1. The average molecular weight is 379 g/mol. The summed E-state index contributed by atoms with van der Waals surface area (Å²) < 4.78 is 0.965. The van der Waals surface area contributed by atoms with E-state index in [2.05, 4.69) is 41.8 Å². The van der Waals surface area contributed by atoms with Gasteiger partial charge in [-0.15, -0.1) is 0 Å². The first-order valence-electron chi connectivity index (χ1n) is 5.99. The third-order valence-electron chi connectivity index (χ3n) is 3.23. The molecule has 0 bridgehead atoms. The monoisotopic (exact) mass is 378 g/mol. The summed E-state index contributed by atoms with van der Waals surface area (Å²) in [5.74, 6) is 0.0646. The SMILES string of the molecule is CC1CNCC(C)N1C(=O)c1ccc(I)c(Cl)c1. The summed E-state index contributed by atoms with van der Waals surface area (Å²) in [5.41, 5.74) is 0.668. The number of benzene rings is 1. The molecular weight excluding hydrogens is 363 g/mol. The van der Waals surface area contributed by atoms with Gasteiger partial charge in [0.05, 0.1) is 5.02 Å². The van der Waals surface area contributed by atoms with Gasteiger partial charge >= 0.3 is 0 Å². The van der Waals surface area contributed by atoms with Gasteiger partial charge in [0.1, 0.15) is 0 Å². The minimum absolute atomic E-state index is 0.0646. The molecule has 1 heterocycles. The maximum absolute atomic E-state index is 12.5. The fraction of sp³-hybridized carbons (Fsp3) is 0.462. The fourth-order valence-electron chi connectivity index (χ4n) is 2.31. The number of hydrogen-bond donors (Lipinski definition) is 1. The van der Waals surface area contributed by atoms with Crippen LogP contribution in [0.3, 0.4) is 0 Å². The van der Waals surface area contributed by atoms with Gasteiger partial charge in [0, 0.05) is 34.3 Å². The van der Waals surface area contributed by atoms with E-state index in [-0.39, 0.29) is 18.0 Å². The number of halogens is 2. The molecule has 3 nitrogen and oxygen atoms in total. The Bertz CT molecular complexity index is 456. The van der Waals surface area contributed by atoms with Gasteiger partial charge < -0.3 is 10.2 Å². The summed E-state index contributed by atoms with van der Waals surface area (Å²) in [4.78, 5) is 14.5. The van der Waals surface area contributed by atoms with Gasteiger partial charge in [0.2, 0.25) is 0 Å².